The molecule has 0 fully saturated rings. The van der Waals surface area contributed by atoms with Crippen LogP contribution in [-0.2, 0) is 4.79 Å². The predicted molar refractivity (Wildman–Crippen MR) is 67.1 cm³/mol. The maximum absolute atomic E-state index is 11.0. The predicted octanol–water partition coefficient (Wildman–Crippen LogP) is 2.00. The van der Waals surface area contributed by atoms with Crippen LogP contribution in [0.4, 0.5) is 0 Å². The van der Waals surface area contributed by atoms with Gasteiger partial charge in [0.1, 0.15) is 11.5 Å². The van der Waals surface area contributed by atoms with Gasteiger partial charge in [-0.1, -0.05) is 36.4 Å². The van der Waals surface area contributed by atoms with E-state index >= 15 is 0 Å². The summed E-state index contributed by atoms with van der Waals surface area (Å²) in [5, 5.41) is 9.70. The molecule has 1 atom stereocenters. The number of nitrogens with two attached hydrogens (primary N) is 1. The summed E-state index contributed by atoms with van der Waals surface area (Å²) in [6.45, 7) is 0. The van der Waals surface area contributed by atoms with Crippen molar-refractivity contribution in [3.05, 3.63) is 60.2 Å². The summed E-state index contributed by atoms with van der Waals surface area (Å²) in [4.78, 5) is 11.0. The van der Waals surface area contributed by atoms with Gasteiger partial charge >= 0.3 is 0 Å². The molecule has 0 aliphatic carbocycles. The minimum Gasteiger partial charge on any atom is -0.457 e. The Morgan fingerprint density at radius 1 is 1.06 bits per heavy atom. The molecule has 0 saturated heterocycles. The first-order chi connectivity index (χ1) is 8.68. The zero-order valence-electron chi connectivity index (χ0n) is 9.61. The topological polar surface area (TPSA) is 72.6 Å². The highest BCUT2D eigenvalue weighted by molar-refractivity contribution is 5.81. The van der Waals surface area contributed by atoms with E-state index < -0.39 is 12.0 Å². The monoisotopic (exact) mass is 243 g/mol. The molecule has 1 unspecified atom stereocenters. The number of para-hydroxylation sites is 2. The molecule has 3 N–H and O–H groups in total. The van der Waals surface area contributed by atoms with E-state index in [1.165, 1.54) is 0 Å². The number of rotatable bonds is 4. The lowest BCUT2D eigenvalue weighted by Crippen LogP contribution is -2.21. The van der Waals surface area contributed by atoms with E-state index in [-0.39, 0.29) is 0 Å². The van der Waals surface area contributed by atoms with Crippen molar-refractivity contribution in [2.75, 3.05) is 0 Å². The van der Waals surface area contributed by atoms with E-state index in [1.54, 1.807) is 36.4 Å². The van der Waals surface area contributed by atoms with Crippen molar-refractivity contribution >= 4 is 5.91 Å². The van der Waals surface area contributed by atoms with Crippen LogP contribution in [0.5, 0.6) is 11.5 Å². The molecule has 1 amide bonds. The highest BCUT2D eigenvalue weighted by Crippen LogP contribution is 2.29. The molecule has 0 saturated carbocycles. The number of primary amides is 1. The number of carbonyl (C=O) groups is 1. The normalized spacial score (nSPS) is 11.8. The second kappa shape index (κ2) is 5.33. The molecule has 0 bridgehead atoms. The summed E-state index contributed by atoms with van der Waals surface area (Å²) in [5.74, 6) is 0.232. The van der Waals surface area contributed by atoms with Gasteiger partial charge in [-0.25, -0.2) is 0 Å². The van der Waals surface area contributed by atoms with E-state index in [0.717, 1.165) is 0 Å². The zero-order valence-corrected chi connectivity index (χ0v) is 9.61. The van der Waals surface area contributed by atoms with Gasteiger partial charge in [0.2, 0.25) is 0 Å². The fraction of sp³-hybridized carbons (Fsp3) is 0.0714. The van der Waals surface area contributed by atoms with E-state index in [4.69, 9.17) is 10.5 Å². The van der Waals surface area contributed by atoms with Gasteiger partial charge in [0.15, 0.2) is 6.10 Å². The molecule has 0 spiro atoms. The van der Waals surface area contributed by atoms with E-state index in [9.17, 15) is 9.90 Å². The molecule has 2 aromatic rings. The van der Waals surface area contributed by atoms with Crippen molar-refractivity contribution in [1.29, 1.82) is 0 Å². The highest BCUT2D eigenvalue weighted by Gasteiger charge is 2.18. The molecule has 18 heavy (non-hydrogen) atoms. The summed E-state index contributed by atoms with van der Waals surface area (Å²) in [5.41, 5.74) is 5.44. The number of benzene rings is 2. The maximum Gasteiger partial charge on any atom is 0.251 e. The number of ether oxygens (including phenoxy) is 1. The largest absolute Gasteiger partial charge is 0.457 e. The van der Waals surface area contributed by atoms with Crippen LogP contribution in [0.1, 0.15) is 11.7 Å². The van der Waals surface area contributed by atoms with Crippen LogP contribution in [-0.4, -0.2) is 11.0 Å². The van der Waals surface area contributed by atoms with Crippen molar-refractivity contribution < 1.29 is 14.6 Å². The number of aliphatic hydroxyl groups is 1. The Hall–Kier alpha value is -2.33. The highest BCUT2D eigenvalue weighted by atomic mass is 16.5. The summed E-state index contributed by atoms with van der Waals surface area (Å²) in [6, 6.07) is 15.9. The summed E-state index contributed by atoms with van der Waals surface area (Å²) >= 11 is 0. The first-order valence-corrected chi connectivity index (χ1v) is 5.47. The van der Waals surface area contributed by atoms with Gasteiger partial charge < -0.3 is 15.6 Å². The quantitative estimate of drug-likeness (QED) is 0.862. The minimum absolute atomic E-state index is 0.355. The van der Waals surface area contributed by atoms with Crippen molar-refractivity contribution in [3.8, 4) is 11.5 Å². The van der Waals surface area contributed by atoms with Gasteiger partial charge in [-0.3, -0.25) is 4.79 Å². The van der Waals surface area contributed by atoms with Crippen LogP contribution in [0.3, 0.4) is 0 Å². The second-order valence-corrected chi connectivity index (χ2v) is 3.76. The van der Waals surface area contributed by atoms with Crippen molar-refractivity contribution in [2.24, 2.45) is 5.73 Å². The number of amides is 1. The van der Waals surface area contributed by atoms with Gasteiger partial charge in [0.05, 0.1) is 0 Å². The Morgan fingerprint density at radius 3 is 2.33 bits per heavy atom. The van der Waals surface area contributed by atoms with E-state index in [1.807, 2.05) is 18.2 Å². The smallest absolute Gasteiger partial charge is 0.251 e. The molecular weight excluding hydrogens is 230 g/mol. The SMILES string of the molecule is NC(=O)C(O)c1ccccc1Oc1ccccc1. The van der Waals surface area contributed by atoms with E-state index in [2.05, 4.69) is 0 Å². The summed E-state index contributed by atoms with van der Waals surface area (Å²) < 4.78 is 5.61. The van der Waals surface area contributed by atoms with Crippen LogP contribution in [0.2, 0.25) is 0 Å². The fourth-order valence-corrected chi connectivity index (χ4v) is 1.57. The third kappa shape index (κ3) is 2.67. The number of hydrogen-bond donors (Lipinski definition) is 2. The van der Waals surface area contributed by atoms with Crippen LogP contribution < -0.4 is 10.5 Å². The van der Waals surface area contributed by atoms with Gasteiger partial charge in [-0.2, -0.15) is 0 Å². The molecule has 4 heteroatoms. The van der Waals surface area contributed by atoms with Gasteiger partial charge in [0.25, 0.3) is 5.91 Å². The molecule has 4 nitrogen and oxygen atoms in total. The van der Waals surface area contributed by atoms with Crippen LogP contribution >= 0.6 is 0 Å². The van der Waals surface area contributed by atoms with E-state index in [0.29, 0.717) is 17.1 Å². The lowest BCUT2D eigenvalue weighted by Gasteiger charge is -2.13. The van der Waals surface area contributed by atoms with Gasteiger partial charge in [-0.05, 0) is 18.2 Å². The first-order valence-electron chi connectivity index (χ1n) is 5.47. The van der Waals surface area contributed by atoms with Crippen molar-refractivity contribution in [2.45, 2.75) is 6.10 Å². The molecule has 92 valence electrons. The van der Waals surface area contributed by atoms with Crippen molar-refractivity contribution in [1.82, 2.24) is 0 Å². The fourth-order valence-electron chi connectivity index (χ4n) is 1.57. The Morgan fingerprint density at radius 2 is 1.67 bits per heavy atom. The molecule has 2 aromatic carbocycles. The first kappa shape index (κ1) is 12.1. The Bertz CT molecular complexity index is 540. The number of carbonyl (C=O) groups excluding carboxylic acids is 1. The number of aliphatic hydroxyl groups excluding tert-OH is 1. The zero-order chi connectivity index (χ0) is 13.0. The summed E-state index contributed by atoms with van der Waals surface area (Å²) in [6.07, 6.45) is -1.37. The molecule has 0 radical (unpaired) electrons. The van der Waals surface area contributed by atoms with Crippen molar-refractivity contribution in [3.63, 3.8) is 0 Å². The Kier molecular flexibility index (Phi) is 3.60. The maximum atomic E-state index is 11.0. The number of hydrogen-bond acceptors (Lipinski definition) is 3. The second-order valence-electron chi connectivity index (χ2n) is 3.76. The standard InChI is InChI=1S/C14H13NO3/c15-14(17)13(16)11-8-4-5-9-12(11)18-10-6-2-1-3-7-10/h1-9,13,16H,(H2,15,17). The average Bonchev–Trinajstić information content (AvgIpc) is 2.39. The Balaban J connectivity index is 2.31. The van der Waals surface area contributed by atoms with Gasteiger partial charge in [-0.15, -0.1) is 0 Å². The molecule has 0 aliphatic heterocycles. The molecule has 0 aromatic heterocycles. The van der Waals surface area contributed by atoms with Crippen LogP contribution in [0.15, 0.2) is 54.6 Å². The third-order valence-electron chi connectivity index (χ3n) is 2.45. The molecule has 2 rings (SSSR count). The third-order valence-corrected chi connectivity index (χ3v) is 2.45. The summed E-state index contributed by atoms with van der Waals surface area (Å²) in [7, 11) is 0. The lowest BCUT2D eigenvalue weighted by molar-refractivity contribution is -0.126. The molecular formula is C14H13NO3. The van der Waals surface area contributed by atoms with Gasteiger partial charge in [0, 0.05) is 5.56 Å². The Labute approximate surface area is 105 Å². The molecule has 0 aliphatic rings. The van der Waals surface area contributed by atoms with Crippen LogP contribution in [0.25, 0.3) is 0 Å². The minimum atomic E-state index is -1.37. The molecule has 0 heterocycles. The lowest BCUT2D eigenvalue weighted by atomic mass is 10.1. The average molecular weight is 243 g/mol. The van der Waals surface area contributed by atoms with Crippen LogP contribution in [0, 0.1) is 0 Å².